The summed E-state index contributed by atoms with van der Waals surface area (Å²) >= 11 is 0. The van der Waals surface area contributed by atoms with Gasteiger partial charge in [0.2, 0.25) is 0 Å². The van der Waals surface area contributed by atoms with E-state index < -0.39 is 0 Å². The molecule has 1 rings (SSSR count). The van der Waals surface area contributed by atoms with Crippen molar-refractivity contribution in [2.24, 2.45) is 0 Å². The molecule has 0 unspecified atom stereocenters. The van der Waals surface area contributed by atoms with Crippen LogP contribution in [0.3, 0.4) is 0 Å². The zero-order valence-corrected chi connectivity index (χ0v) is 7.89. The number of aromatic nitrogens is 1. The Labute approximate surface area is 69.0 Å². The van der Waals surface area contributed by atoms with E-state index >= 15 is 0 Å². The van der Waals surface area contributed by atoms with E-state index in [0.717, 1.165) is 6.42 Å². The molecule has 1 heterocycles. The summed E-state index contributed by atoms with van der Waals surface area (Å²) in [6.07, 6.45) is 1.13. The van der Waals surface area contributed by atoms with E-state index in [1.807, 2.05) is 0 Å². The Balaban J connectivity index is 3.07. The van der Waals surface area contributed by atoms with Crippen LogP contribution in [-0.4, -0.2) is 4.57 Å². The van der Waals surface area contributed by atoms with Gasteiger partial charge in [-0.2, -0.15) is 0 Å². The summed E-state index contributed by atoms with van der Waals surface area (Å²) in [6, 6.07) is 5.01. The van der Waals surface area contributed by atoms with Crippen molar-refractivity contribution in [3.63, 3.8) is 0 Å². The van der Waals surface area contributed by atoms with Gasteiger partial charge in [0.15, 0.2) is 0 Å². The lowest BCUT2D eigenvalue weighted by atomic mass is 10.3. The molecule has 1 nitrogen and oxygen atoms in total. The molecule has 0 amide bonds. The predicted molar refractivity (Wildman–Crippen MR) is 48.9 cm³/mol. The monoisotopic (exact) mass is 151 g/mol. The molecule has 0 spiro atoms. The molecule has 0 aliphatic heterocycles. The smallest absolute Gasteiger partial charge is 0.0279 e. The average Bonchev–Trinajstić information content (AvgIpc) is 2.30. The topological polar surface area (TPSA) is 4.93 Å². The zero-order valence-electron chi connectivity index (χ0n) is 7.89. The predicted octanol–water partition coefficient (Wildman–Crippen LogP) is 2.94. The maximum atomic E-state index is 2.39. The van der Waals surface area contributed by atoms with Crippen molar-refractivity contribution in [3.05, 3.63) is 23.5 Å². The van der Waals surface area contributed by atoms with E-state index in [2.05, 4.69) is 44.4 Å². The van der Waals surface area contributed by atoms with Crippen molar-refractivity contribution >= 4 is 0 Å². The first kappa shape index (κ1) is 8.38. The molecule has 1 aromatic heterocycles. The Morgan fingerprint density at radius 1 is 1.36 bits per heavy atom. The lowest BCUT2D eigenvalue weighted by Gasteiger charge is -2.14. The standard InChI is InChI=1S/C10H17N/c1-5-10-7-6-9(4)11(10)8(2)3/h6-8H,5H2,1-4H3. The van der Waals surface area contributed by atoms with Gasteiger partial charge in [-0.3, -0.25) is 0 Å². The van der Waals surface area contributed by atoms with Crippen molar-refractivity contribution in [2.75, 3.05) is 0 Å². The van der Waals surface area contributed by atoms with Crippen LogP contribution in [0, 0.1) is 6.92 Å². The van der Waals surface area contributed by atoms with Crippen LogP contribution >= 0.6 is 0 Å². The van der Waals surface area contributed by atoms with Crippen LogP contribution in [0.15, 0.2) is 12.1 Å². The minimum atomic E-state index is 0.597. The zero-order chi connectivity index (χ0) is 8.43. The highest BCUT2D eigenvalue weighted by molar-refractivity contribution is 5.15. The molecular weight excluding hydrogens is 134 g/mol. The third-order valence-electron chi connectivity index (χ3n) is 2.08. The summed E-state index contributed by atoms with van der Waals surface area (Å²) in [4.78, 5) is 0. The first-order chi connectivity index (χ1) is 5.16. The highest BCUT2D eigenvalue weighted by Crippen LogP contribution is 2.15. The van der Waals surface area contributed by atoms with Gasteiger partial charge in [0, 0.05) is 17.4 Å². The normalized spacial score (nSPS) is 11.0. The van der Waals surface area contributed by atoms with Gasteiger partial charge >= 0.3 is 0 Å². The molecule has 0 aromatic carbocycles. The maximum absolute atomic E-state index is 2.39. The Hall–Kier alpha value is -0.720. The van der Waals surface area contributed by atoms with Gasteiger partial charge in [0.25, 0.3) is 0 Å². The average molecular weight is 151 g/mol. The van der Waals surface area contributed by atoms with Gasteiger partial charge in [-0.25, -0.2) is 0 Å². The fourth-order valence-electron chi connectivity index (χ4n) is 1.63. The Kier molecular flexibility index (Phi) is 2.38. The van der Waals surface area contributed by atoms with Gasteiger partial charge in [-0.05, 0) is 39.3 Å². The lowest BCUT2D eigenvalue weighted by molar-refractivity contribution is 0.565. The van der Waals surface area contributed by atoms with E-state index in [-0.39, 0.29) is 0 Å². The molecule has 0 N–H and O–H groups in total. The van der Waals surface area contributed by atoms with Crippen molar-refractivity contribution in [3.8, 4) is 0 Å². The Morgan fingerprint density at radius 3 is 2.36 bits per heavy atom. The molecule has 0 saturated carbocycles. The van der Waals surface area contributed by atoms with E-state index in [1.54, 1.807) is 0 Å². The Bertz CT molecular complexity index is 233. The molecule has 0 radical (unpaired) electrons. The van der Waals surface area contributed by atoms with Crippen LogP contribution in [0.2, 0.25) is 0 Å². The number of rotatable bonds is 2. The van der Waals surface area contributed by atoms with Crippen LogP contribution in [0.5, 0.6) is 0 Å². The molecule has 1 aromatic rings. The lowest BCUT2D eigenvalue weighted by Crippen LogP contribution is -2.06. The van der Waals surface area contributed by atoms with Crippen LogP contribution in [0.1, 0.15) is 38.2 Å². The quantitative estimate of drug-likeness (QED) is 0.612. The molecule has 11 heavy (non-hydrogen) atoms. The molecule has 0 bridgehead atoms. The summed E-state index contributed by atoms with van der Waals surface area (Å²) in [5.41, 5.74) is 2.81. The van der Waals surface area contributed by atoms with Crippen LogP contribution < -0.4 is 0 Å². The molecule has 0 atom stereocenters. The van der Waals surface area contributed by atoms with E-state index in [4.69, 9.17) is 0 Å². The number of hydrogen-bond donors (Lipinski definition) is 0. The van der Waals surface area contributed by atoms with Crippen molar-refractivity contribution < 1.29 is 0 Å². The fourth-order valence-corrected chi connectivity index (χ4v) is 1.63. The van der Waals surface area contributed by atoms with Gasteiger partial charge in [-0.15, -0.1) is 0 Å². The molecule has 0 aliphatic carbocycles. The third-order valence-corrected chi connectivity index (χ3v) is 2.08. The highest BCUT2D eigenvalue weighted by Gasteiger charge is 2.04. The van der Waals surface area contributed by atoms with Crippen LogP contribution in [0.4, 0.5) is 0 Å². The second kappa shape index (κ2) is 3.12. The minimum absolute atomic E-state index is 0.597. The second-order valence-electron chi connectivity index (χ2n) is 3.28. The third kappa shape index (κ3) is 1.47. The van der Waals surface area contributed by atoms with Crippen molar-refractivity contribution in [1.29, 1.82) is 0 Å². The molecule has 0 aliphatic rings. The van der Waals surface area contributed by atoms with E-state index in [0.29, 0.717) is 6.04 Å². The minimum Gasteiger partial charge on any atom is -0.346 e. The highest BCUT2D eigenvalue weighted by atomic mass is 15.0. The summed E-state index contributed by atoms with van der Waals surface area (Å²) in [5, 5.41) is 0. The number of hydrogen-bond acceptors (Lipinski definition) is 0. The fraction of sp³-hybridized carbons (Fsp3) is 0.600. The summed E-state index contributed by atoms with van der Waals surface area (Å²) in [6.45, 7) is 8.82. The van der Waals surface area contributed by atoms with Crippen LogP contribution in [0.25, 0.3) is 0 Å². The summed E-state index contributed by atoms with van der Waals surface area (Å²) in [7, 11) is 0. The summed E-state index contributed by atoms with van der Waals surface area (Å²) in [5.74, 6) is 0. The van der Waals surface area contributed by atoms with Gasteiger partial charge < -0.3 is 4.57 Å². The number of nitrogens with zero attached hydrogens (tertiary/aromatic N) is 1. The SMILES string of the molecule is CCc1ccc(C)n1C(C)C. The van der Waals surface area contributed by atoms with Crippen LogP contribution in [-0.2, 0) is 6.42 Å². The molecule has 1 heteroatoms. The van der Waals surface area contributed by atoms with Gasteiger partial charge in [0.1, 0.15) is 0 Å². The maximum Gasteiger partial charge on any atom is 0.0279 e. The van der Waals surface area contributed by atoms with E-state index in [9.17, 15) is 0 Å². The molecule has 0 saturated heterocycles. The largest absolute Gasteiger partial charge is 0.346 e. The first-order valence-corrected chi connectivity index (χ1v) is 4.33. The Morgan fingerprint density at radius 2 is 2.00 bits per heavy atom. The van der Waals surface area contributed by atoms with Gasteiger partial charge in [-0.1, -0.05) is 6.92 Å². The van der Waals surface area contributed by atoms with Crippen molar-refractivity contribution in [2.45, 2.75) is 40.2 Å². The first-order valence-electron chi connectivity index (χ1n) is 4.33. The summed E-state index contributed by atoms with van der Waals surface area (Å²) < 4.78 is 2.39. The van der Waals surface area contributed by atoms with Gasteiger partial charge in [0.05, 0.1) is 0 Å². The molecule has 0 fully saturated rings. The second-order valence-corrected chi connectivity index (χ2v) is 3.28. The molecular formula is C10H17N. The number of aryl methyl sites for hydroxylation is 2. The molecule has 62 valence electrons. The van der Waals surface area contributed by atoms with Crippen molar-refractivity contribution in [1.82, 2.24) is 4.57 Å². The van der Waals surface area contributed by atoms with E-state index in [1.165, 1.54) is 11.4 Å².